The molecule has 0 fully saturated rings. The predicted octanol–water partition coefficient (Wildman–Crippen LogP) is 2.74. The Hall–Kier alpha value is -5.33. The second kappa shape index (κ2) is 16.3. The fourth-order valence-electron chi connectivity index (χ4n) is 4.88. The molecule has 0 spiro atoms. The molecule has 47 heavy (non-hydrogen) atoms. The fraction of sp³-hybridized carbons (Fsp3) is 0.200. The summed E-state index contributed by atoms with van der Waals surface area (Å²) in [5.41, 5.74) is 15.3. The van der Waals surface area contributed by atoms with Crippen molar-refractivity contribution in [3.05, 3.63) is 131 Å². The van der Waals surface area contributed by atoms with E-state index in [1.54, 1.807) is 54.6 Å². The highest BCUT2D eigenvalue weighted by Crippen LogP contribution is 2.20. The topological polar surface area (TPSA) is 197 Å². The normalized spacial score (nSPS) is 12.4. The van der Waals surface area contributed by atoms with E-state index in [2.05, 4.69) is 15.4 Å². The summed E-state index contributed by atoms with van der Waals surface area (Å²) in [6.45, 7) is 0.0981. The third kappa shape index (κ3) is 10.9. The van der Waals surface area contributed by atoms with Gasteiger partial charge in [-0.25, -0.2) is 13.1 Å². The lowest BCUT2D eigenvalue weighted by molar-refractivity contribution is -0.130. The van der Waals surface area contributed by atoms with E-state index in [0.29, 0.717) is 22.3 Å². The maximum Gasteiger partial charge on any atom is 0.242 e. The predicted molar refractivity (Wildman–Crippen MR) is 181 cm³/mol. The second-order valence-electron chi connectivity index (χ2n) is 11.1. The van der Waals surface area contributed by atoms with Crippen LogP contribution in [0.25, 0.3) is 11.1 Å². The van der Waals surface area contributed by atoms with E-state index < -0.39 is 39.8 Å². The molecular weight excluding hydrogens is 616 g/mol. The van der Waals surface area contributed by atoms with Crippen LogP contribution < -0.4 is 26.8 Å². The number of nitrogens with one attached hydrogen (secondary N) is 4. The third-order valence-corrected chi connectivity index (χ3v) is 8.74. The van der Waals surface area contributed by atoms with Crippen LogP contribution in [0.5, 0.6) is 0 Å². The Bertz CT molecular complexity index is 1780. The first-order chi connectivity index (χ1) is 22.5. The monoisotopic (exact) mass is 654 g/mol. The first kappa shape index (κ1) is 34.5. The van der Waals surface area contributed by atoms with E-state index in [-0.39, 0.29) is 37.4 Å². The zero-order chi connectivity index (χ0) is 33.8. The van der Waals surface area contributed by atoms with Crippen LogP contribution in [0.15, 0.2) is 109 Å². The van der Waals surface area contributed by atoms with Gasteiger partial charge in [-0.15, -0.1) is 0 Å². The van der Waals surface area contributed by atoms with Gasteiger partial charge >= 0.3 is 0 Å². The van der Waals surface area contributed by atoms with Crippen molar-refractivity contribution in [1.29, 1.82) is 5.41 Å². The lowest BCUT2D eigenvalue weighted by atomic mass is 10.0. The van der Waals surface area contributed by atoms with Crippen LogP contribution in [0.4, 0.5) is 0 Å². The van der Waals surface area contributed by atoms with E-state index in [1.165, 1.54) is 0 Å². The molecule has 0 aliphatic heterocycles. The van der Waals surface area contributed by atoms with E-state index in [9.17, 15) is 22.8 Å². The lowest BCUT2D eigenvalue weighted by Gasteiger charge is -2.23. The molecule has 11 nitrogen and oxygen atoms in total. The van der Waals surface area contributed by atoms with Crippen molar-refractivity contribution in [2.45, 2.75) is 43.6 Å². The van der Waals surface area contributed by atoms with Crippen LogP contribution in [-0.2, 0) is 43.1 Å². The van der Waals surface area contributed by atoms with Gasteiger partial charge in [-0.3, -0.25) is 19.8 Å². The van der Waals surface area contributed by atoms with Crippen molar-refractivity contribution in [2.24, 2.45) is 11.5 Å². The molecular formula is C35H38N6O5S. The number of carbonyl (C=O) groups excluding carboxylic acids is 3. The molecule has 0 aliphatic rings. The van der Waals surface area contributed by atoms with Gasteiger partial charge in [0.05, 0.1) is 5.75 Å². The number of benzene rings is 4. The summed E-state index contributed by atoms with van der Waals surface area (Å²) in [5.74, 6) is -2.40. The Morgan fingerprint density at radius 2 is 1.26 bits per heavy atom. The number of rotatable bonds is 16. The van der Waals surface area contributed by atoms with Gasteiger partial charge < -0.3 is 22.1 Å². The first-order valence-electron chi connectivity index (χ1n) is 15.0. The molecule has 0 radical (unpaired) electrons. The number of carbonyl (C=O) groups is 3. The van der Waals surface area contributed by atoms with Gasteiger partial charge in [0.25, 0.3) is 0 Å². The van der Waals surface area contributed by atoms with Crippen LogP contribution in [0, 0.1) is 5.41 Å². The summed E-state index contributed by atoms with van der Waals surface area (Å²) in [6.07, 6.45) is -0.274. The van der Waals surface area contributed by atoms with Crippen molar-refractivity contribution in [2.75, 3.05) is 0 Å². The Labute approximate surface area is 274 Å². The van der Waals surface area contributed by atoms with Crippen LogP contribution in [0.1, 0.15) is 35.1 Å². The third-order valence-electron chi connectivity index (χ3n) is 7.38. The number of hydrogen-bond donors (Lipinski definition) is 6. The number of primary amides is 1. The van der Waals surface area contributed by atoms with E-state index in [0.717, 1.165) is 11.1 Å². The van der Waals surface area contributed by atoms with E-state index in [4.69, 9.17) is 16.9 Å². The number of hydrogen-bond acceptors (Lipinski definition) is 6. The minimum atomic E-state index is -4.00. The molecule has 12 heteroatoms. The quantitative estimate of drug-likeness (QED) is 0.0793. The lowest BCUT2D eigenvalue weighted by Crippen LogP contribution is -2.54. The van der Waals surface area contributed by atoms with Crippen molar-refractivity contribution in [3.63, 3.8) is 0 Å². The molecule has 0 bridgehead atoms. The summed E-state index contributed by atoms with van der Waals surface area (Å²) in [7, 11) is -4.00. The molecule has 0 aliphatic carbocycles. The standard InChI is InChI=1S/C35H38N6O5S/c36-32(42)20-19-30(34(43)39-22-25-13-17-29(18-14-25)33(37)38)40-35(44)31(41-47(45,46)23-26-7-3-1-4-8-26)21-24-11-15-28(16-12-24)27-9-5-2-6-10-27/h1-18,30-31,41H,19-23H2,(H2,36,42)(H3,37,38)(H,39,43)(H,40,44). The zero-order valence-corrected chi connectivity index (χ0v) is 26.5. The number of amides is 3. The average Bonchev–Trinajstić information content (AvgIpc) is 3.06. The summed E-state index contributed by atoms with van der Waals surface area (Å²) in [4.78, 5) is 38.6. The van der Waals surface area contributed by atoms with Crippen LogP contribution in [0.2, 0.25) is 0 Å². The number of amidine groups is 1. The van der Waals surface area contributed by atoms with Crippen LogP contribution in [-0.4, -0.2) is 44.1 Å². The van der Waals surface area contributed by atoms with Gasteiger partial charge in [-0.2, -0.15) is 0 Å². The first-order valence-corrected chi connectivity index (χ1v) is 16.6. The van der Waals surface area contributed by atoms with Crippen molar-refractivity contribution < 1.29 is 22.8 Å². The maximum atomic E-state index is 13.7. The minimum absolute atomic E-state index is 0.00157. The smallest absolute Gasteiger partial charge is 0.242 e. The molecule has 4 aromatic carbocycles. The molecule has 244 valence electrons. The van der Waals surface area contributed by atoms with Crippen molar-refractivity contribution in [1.82, 2.24) is 15.4 Å². The molecule has 0 aromatic heterocycles. The summed E-state index contributed by atoms with van der Waals surface area (Å²) in [5, 5.41) is 12.9. The number of nitrogens with two attached hydrogens (primary N) is 2. The molecule has 0 saturated heterocycles. The highest BCUT2D eigenvalue weighted by atomic mass is 32.2. The van der Waals surface area contributed by atoms with Gasteiger partial charge in [0, 0.05) is 18.5 Å². The molecule has 8 N–H and O–H groups in total. The molecule has 0 saturated carbocycles. The number of sulfonamides is 1. The van der Waals surface area contributed by atoms with Crippen molar-refractivity contribution in [3.8, 4) is 11.1 Å². The number of nitrogen functional groups attached to an aromatic ring is 1. The summed E-state index contributed by atoms with van der Waals surface area (Å²) >= 11 is 0. The Morgan fingerprint density at radius 1 is 0.681 bits per heavy atom. The van der Waals surface area contributed by atoms with Gasteiger partial charge in [0.1, 0.15) is 17.9 Å². The van der Waals surface area contributed by atoms with Gasteiger partial charge in [-0.1, -0.05) is 109 Å². The SMILES string of the molecule is N=C(N)c1ccc(CNC(=O)C(CCC(N)=O)NC(=O)C(Cc2ccc(-c3ccccc3)cc2)NS(=O)(=O)Cc2ccccc2)cc1. The van der Waals surface area contributed by atoms with Gasteiger partial charge in [0.15, 0.2) is 0 Å². The summed E-state index contributed by atoms with van der Waals surface area (Å²) < 4.78 is 29.0. The van der Waals surface area contributed by atoms with Crippen molar-refractivity contribution >= 4 is 33.6 Å². The highest BCUT2D eigenvalue weighted by Gasteiger charge is 2.29. The molecule has 2 unspecified atom stereocenters. The van der Waals surface area contributed by atoms with Gasteiger partial charge in [0.2, 0.25) is 27.7 Å². The largest absolute Gasteiger partial charge is 0.384 e. The van der Waals surface area contributed by atoms with Gasteiger partial charge in [-0.05, 0) is 40.7 Å². The summed E-state index contributed by atoms with van der Waals surface area (Å²) in [6, 6.07) is 30.0. The fourth-order valence-corrected chi connectivity index (χ4v) is 6.22. The zero-order valence-electron chi connectivity index (χ0n) is 25.7. The average molecular weight is 655 g/mol. The molecule has 4 rings (SSSR count). The molecule has 4 aromatic rings. The second-order valence-corrected chi connectivity index (χ2v) is 12.8. The molecule has 3 amide bonds. The van der Waals surface area contributed by atoms with E-state index >= 15 is 0 Å². The van der Waals surface area contributed by atoms with Crippen LogP contribution in [0.3, 0.4) is 0 Å². The molecule has 2 atom stereocenters. The Kier molecular flexibility index (Phi) is 12.0. The van der Waals surface area contributed by atoms with Crippen LogP contribution >= 0.6 is 0 Å². The Balaban J connectivity index is 1.53. The molecule has 0 heterocycles. The maximum absolute atomic E-state index is 13.7. The highest BCUT2D eigenvalue weighted by molar-refractivity contribution is 7.88. The van der Waals surface area contributed by atoms with E-state index in [1.807, 2.05) is 54.6 Å². The Morgan fingerprint density at radius 3 is 1.85 bits per heavy atom. The minimum Gasteiger partial charge on any atom is -0.384 e.